The third-order valence-corrected chi connectivity index (χ3v) is 4.81. The molecule has 0 fully saturated rings. The first kappa shape index (κ1) is 17.6. The fourth-order valence-corrected chi connectivity index (χ4v) is 3.27. The minimum absolute atomic E-state index is 0.0124. The van der Waals surface area contributed by atoms with Crippen LogP contribution in [0.5, 0.6) is 0 Å². The summed E-state index contributed by atoms with van der Waals surface area (Å²) in [5.74, 6) is -0.622. The number of halogens is 2. The van der Waals surface area contributed by atoms with Crippen molar-refractivity contribution in [3.05, 3.63) is 59.5 Å². The summed E-state index contributed by atoms with van der Waals surface area (Å²) in [6.45, 7) is 0. The molecule has 1 amide bonds. The Bertz CT molecular complexity index is 1130. The summed E-state index contributed by atoms with van der Waals surface area (Å²) in [7, 11) is 0. The number of fused-ring (bicyclic) bond motifs is 1. The number of aromatic amines is 1. The van der Waals surface area contributed by atoms with Crippen LogP contribution in [-0.4, -0.2) is 26.8 Å². The van der Waals surface area contributed by atoms with Gasteiger partial charge in [0.25, 0.3) is 11.1 Å². The molecular formula is C18H12ClFN4O2S. The SMILES string of the molecule is O=C(CSc1nnc(-c2c[nH]c3ccccc23)o1)Nc1cc(Cl)ccc1F. The average Bonchev–Trinajstić information content (AvgIpc) is 3.29. The van der Waals surface area contributed by atoms with Crippen molar-refractivity contribution in [1.29, 1.82) is 0 Å². The van der Waals surface area contributed by atoms with E-state index in [2.05, 4.69) is 20.5 Å². The second-order valence-corrected chi connectivity index (χ2v) is 6.95. The zero-order chi connectivity index (χ0) is 18.8. The summed E-state index contributed by atoms with van der Waals surface area (Å²) < 4.78 is 19.3. The summed E-state index contributed by atoms with van der Waals surface area (Å²) in [6.07, 6.45) is 1.79. The molecule has 2 aromatic carbocycles. The van der Waals surface area contributed by atoms with Gasteiger partial charge in [0.15, 0.2) is 0 Å². The van der Waals surface area contributed by atoms with Gasteiger partial charge in [0.2, 0.25) is 5.91 Å². The van der Waals surface area contributed by atoms with Gasteiger partial charge in [-0.05, 0) is 24.3 Å². The largest absolute Gasteiger partial charge is 0.411 e. The Hall–Kier alpha value is -2.84. The van der Waals surface area contributed by atoms with Crippen LogP contribution in [0, 0.1) is 5.82 Å². The molecule has 6 nitrogen and oxygen atoms in total. The van der Waals surface area contributed by atoms with E-state index in [1.807, 2.05) is 24.3 Å². The number of carbonyl (C=O) groups is 1. The second kappa shape index (κ2) is 7.42. The molecule has 4 rings (SSSR count). The lowest BCUT2D eigenvalue weighted by molar-refractivity contribution is -0.113. The standard InChI is InChI=1S/C18H12ClFN4O2S/c19-10-5-6-13(20)15(7-10)22-16(25)9-27-18-24-23-17(26-18)12-8-21-14-4-2-1-3-11(12)14/h1-8,21H,9H2,(H,22,25). The zero-order valence-corrected chi connectivity index (χ0v) is 15.3. The summed E-state index contributed by atoms with van der Waals surface area (Å²) >= 11 is 6.87. The van der Waals surface area contributed by atoms with Crippen molar-refractivity contribution in [1.82, 2.24) is 15.2 Å². The van der Waals surface area contributed by atoms with Crippen molar-refractivity contribution in [2.24, 2.45) is 0 Å². The number of aromatic nitrogens is 3. The van der Waals surface area contributed by atoms with Gasteiger partial charge in [-0.15, -0.1) is 10.2 Å². The predicted molar refractivity (Wildman–Crippen MR) is 102 cm³/mol. The topological polar surface area (TPSA) is 83.8 Å². The highest BCUT2D eigenvalue weighted by molar-refractivity contribution is 7.99. The van der Waals surface area contributed by atoms with E-state index >= 15 is 0 Å². The molecule has 9 heteroatoms. The van der Waals surface area contributed by atoms with E-state index in [0.717, 1.165) is 28.2 Å². The number of H-pyrrole nitrogens is 1. The first-order chi connectivity index (χ1) is 13.1. The molecule has 0 aliphatic heterocycles. The zero-order valence-electron chi connectivity index (χ0n) is 13.7. The maximum absolute atomic E-state index is 13.7. The van der Waals surface area contributed by atoms with Crippen LogP contribution in [0.2, 0.25) is 5.02 Å². The van der Waals surface area contributed by atoms with Gasteiger partial charge in [0, 0.05) is 22.1 Å². The fraction of sp³-hybridized carbons (Fsp3) is 0.0556. The molecule has 2 N–H and O–H groups in total. The van der Waals surface area contributed by atoms with Crippen molar-refractivity contribution in [3.63, 3.8) is 0 Å². The van der Waals surface area contributed by atoms with Crippen molar-refractivity contribution in [2.75, 3.05) is 11.1 Å². The number of nitrogens with zero attached hydrogens (tertiary/aromatic N) is 2. The normalized spacial score (nSPS) is 11.0. The number of benzene rings is 2. The molecule has 136 valence electrons. The summed E-state index contributed by atoms with van der Waals surface area (Å²) in [5, 5.41) is 12.0. The van der Waals surface area contributed by atoms with E-state index < -0.39 is 11.7 Å². The number of thioether (sulfide) groups is 1. The lowest BCUT2D eigenvalue weighted by atomic mass is 10.2. The Kier molecular flexibility index (Phi) is 4.83. The van der Waals surface area contributed by atoms with Crippen molar-refractivity contribution >= 4 is 45.9 Å². The number of hydrogen-bond donors (Lipinski definition) is 2. The number of nitrogens with one attached hydrogen (secondary N) is 2. The summed E-state index contributed by atoms with van der Waals surface area (Å²) in [4.78, 5) is 15.2. The molecule has 0 spiro atoms. The van der Waals surface area contributed by atoms with Gasteiger partial charge in [0.1, 0.15) is 5.82 Å². The van der Waals surface area contributed by atoms with Gasteiger partial charge in [-0.25, -0.2) is 4.39 Å². The number of anilines is 1. The maximum Gasteiger partial charge on any atom is 0.277 e. The number of para-hydroxylation sites is 1. The van der Waals surface area contributed by atoms with Gasteiger partial charge in [-0.2, -0.15) is 0 Å². The Labute approximate surface area is 162 Å². The van der Waals surface area contributed by atoms with E-state index in [-0.39, 0.29) is 16.7 Å². The minimum Gasteiger partial charge on any atom is -0.411 e. The van der Waals surface area contributed by atoms with E-state index in [4.69, 9.17) is 16.0 Å². The molecule has 2 heterocycles. The van der Waals surface area contributed by atoms with Crippen LogP contribution in [0.3, 0.4) is 0 Å². The van der Waals surface area contributed by atoms with Gasteiger partial charge < -0.3 is 14.7 Å². The van der Waals surface area contributed by atoms with Gasteiger partial charge in [0.05, 0.1) is 17.0 Å². The number of hydrogen-bond acceptors (Lipinski definition) is 5. The first-order valence-electron chi connectivity index (χ1n) is 7.88. The van der Waals surface area contributed by atoms with E-state index in [1.54, 1.807) is 6.20 Å². The van der Waals surface area contributed by atoms with E-state index in [1.165, 1.54) is 18.2 Å². The summed E-state index contributed by atoms with van der Waals surface area (Å²) in [5.41, 5.74) is 1.77. The highest BCUT2D eigenvalue weighted by Gasteiger charge is 2.15. The van der Waals surface area contributed by atoms with Gasteiger partial charge in [-0.3, -0.25) is 4.79 Å². The van der Waals surface area contributed by atoms with E-state index in [9.17, 15) is 9.18 Å². The highest BCUT2D eigenvalue weighted by Crippen LogP contribution is 2.29. The van der Waals surface area contributed by atoms with E-state index in [0.29, 0.717) is 10.9 Å². The van der Waals surface area contributed by atoms with Crippen LogP contribution in [0.1, 0.15) is 0 Å². The van der Waals surface area contributed by atoms with Crippen LogP contribution in [0.4, 0.5) is 10.1 Å². The Morgan fingerprint density at radius 1 is 1.26 bits per heavy atom. The molecular weight excluding hydrogens is 391 g/mol. The van der Waals surface area contributed by atoms with Crippen LogP contribution in [-0.2, 0) is 4.79 Å². The lowest BCUT2D eigenvalue weighted by Crippen LogP contribution is -2.15. The second-order valence-electron chi connectivity index (χ2n) is 5.58. The molecule has 0 aliphatic rings. The lowest BCUT2D eigenvalue weighted by Gasteiger charge is -2.05. The maximum atomic E-state index is 13.7. The molecule has 4 aromatic rings. The molecule has 27 heavy (non-hydrogen) atoms. The third-order valence-electron chi connectivity index (χ3n) is 3.76. The molecule has 0 atom stereocenters. The van der Waals surface area contributed by atoms with Gasteiger partial charge >= 0.3 is 0 Å². The monoisotopic (exact) mass is 402 g/mol. The van der Waals surface area contributed by atoms with Crippen molar-refractivity contribution in [3.8, 4) is 11.5 Å². The number of carbonyl (C=O) groups excluding carboxylic acids is 1. The Balaban J connectivity index is 1.42. The molecule has 0 aliphatic carbocycles. The molecule has 0 saturated carbocycles. The summed E-state index contributed by atoms with van der Waals surface area (Å²) in [6, 6.07) is 11.7. The molecule has 0 unspecified atom stereocenters. The smallest absolute Gasteiger partial charge is 0.277 e. The molecule has 0 saturated heterocycles. The number of amides is 1. The Morgan fingerprint density at radius 3 is 3.00 bits per heavy atom. The predicted octanol–water partition coefficient (Wildman–Crippen LogP) is 4.74. The minimum atomic E-state index is -0.558. The third kappa shape index (κ3) is 3.81. The average molecular weight is 403 g/mol. The quantitative estimate of drug-likeness (QED) is 0.471. The molecule has 0 radical (unpaired) electrons. The van der Waals surface area contributed by atoms with Crippen molar-refractivity contribution in [2.45, 2.75) is 5.22 Å². The fourth-order valence-electron chi connectivity index (χ4n) is 2.53. The Morgan fingerprint density at radius 2 is 2.11 bits per heavy atom. The van der Waals surface area contributed by atoms with Crippen LogP contribution >= 0.6 is 23.4 Å². The van der Waals surface area contributed by atoms with Gasteiger partial charge in [-0.1, -0.05) is 41.6 Å². The molecule has 0 bridgehead atoms. The molecule has 2 aromatic heterocycles. The highest BCUT2D eigenvalue weighted by atomic mass is 35.5. The van der Waals surface area contributed by atoms with Crippen LogP contribution in [0.15, 0.2) is 58.3 Å². The van der Waals surface area contributed by atoms with Crippen LogP contribution < -0.4 is 5.32 Å². The van der Waals surface area contributed by atoms with Crippen molar-refractivity contribution < 1.29 is 13.6 Å². The van der Waals surface area contributed by atoms with Crippen LogP contribution in [0.25, 0.3) is 22.4 Å². The number of rotatable bonds is 5. The first-order valence-corrected chi connectivity index (χ1v) is 9.24.